The Morgan fingerprint density at radius 2 is 2.12 bits per heavy atom. The summed E-state index contributed by atoms with van der Waals surface area (Å²) in [5.74, 6) is 1.57. The van der Waals surface area contributed by atoms with E-state index in [0.29, 0.717) is 5.88 Å². The summed E-state index contributed by atoms with van der Waals surface area (Å²) < 4.78 is 0. The molecule has 1 heterocycles. The summed E-state index contributed by atoms with van der Waals surface area (Å²) >= 11 is 1.66. The molecule has 1 aromatic carbocycles. The third-order valence-corrected chi connectivity index (χ3v) is 3.10. The van der Waals surface area contributed by atoms with E-state index in [4.69, 9.17) is 11.5 Å². The molecule has 0 aliphatic carbocycles. The van der Waals surface area contributed by atoms with Gasteiger partial charge in [-0.1, -0.05) is 18.2 Å². The lowest BCUT2D eigenvalue weighted by molar-refractivity contribution is 1.28. The predicted molar refractivity (Wildman–Crippen MR) is 73.7 cm³/mol. The van der Waals surface area contributed by atoms with Crippen LogP contribution in [0, 0.1) is 0 Å². The summed E-state index contributed by atoms with van der Waals surface area (Å²) in [7, 11) is 0. The highest BCUT2D eigenvalue weighted by Gasteiger charge is 1.97. The van der Waals surface area contributed by atoms with E-state index < -0.39 is 0 Å². The first-order valence-corrected chi connectivity index (χ1v) is 6.38. The van der Waals surface area contributed by atoms with E-state index in [0.717, 1.165) is 16.7 Å². The maximum Gasteiger partial charge on any atom is 0.186 e. The molecule has 0 aliphatic rings. The second-order valence-electron chi connectivity index (χ2n) is 3.60. The van der Waals surface area contributed by atoms with Crippen LogP contribution in [-0.2, 0) is 5.75 Å². The van der Waals surface area contributed by atoms with E-state index in [9.17, 15) is 0 Å². The van der Waals surface area contributed by atoms with Crippen LogP contribution in [0.3, 0.4) is 0 Å². The minimum Gasteiger partial charge on any atom is -0.370 e. The van der Waals surface area contributed by atoms with E-state index in [1.807, 2.05) is 24.4 Å². The van der Waals surface area contributed by atoms with Crippen molar-refractivity contribution in [3.05, 3.63) is 42.1 Å². The molecule has 0 fully saturated rings. The second kappa shape index (κ2) is 5.54. The molecular weight excluding hydrogens is 232 g/mol. The monoisotopic (exact) mass is 246 g/mol. The molecule has 17 heavy (non-hydrogen) atoms. The lowest BCUT2D eigenvalue weighted by Gasteiger charge is -2.02. The highest BCUT2D eigenvalue weighted by atomic mass is 32.2. The molecule has 0 bridgehead atoms. The van der Waals surface area contributed by atoms with Gasteiger partial charge in [-0.15, -0.1) is 11.8 Å². The smallest absolute Gasteiger partial charge is 0.186 e. The quantitative estimate of drug-likeness (QED) is 0.489. The minimum absolute atomic E-state index is 0.133. The number of para-hydroxylation sites is 1. The first-order valence-electron chi connectivity index (χ1n) is 5.22. The number of hydrogen-bond acceptors (Lipinski definition) is 3. The van der Waals surface area contributed by atoms with Gasteiger partial charge in [0.25, 0.3) is 0 Å². The van der Waals surface area contributed by atoms with Crippen LogP contribution >= 0.6 is 11.8 Å². The summed E-state index contributed by atoms with van der Waals surface area (Å²) in [6.45, 7) is 0. The Morgan fingerprint density at radius 1 is 1.29 bits per heavy atom. The minimum atomic E-state index is 0.133. The molecule has 0 aliphatic heterocycles. The Labute approximate surface area is 104 Å². The average molecular weight is 246 g/mol. The van der Waals surface area contributed by atoms with Gasteiger partial charge in [0.2, 0.25) is 0 Å². The van der Waals surface area contributed by atoms with Crippen LogP contribution in [0.5, 0.6) is 0 Å². The zero-order valence-corrected chi connectivity index (χ0v) is 10.2. The number of rotatable bonds is 4. The highest BCUT2D eigenvalue weighted by molar-refractivity contribution is 7.98. The number of fused-ring (bicyclic) bond motifs is 1. The largest absolute Gasteiger partial charge is 0.370 e. The first kappa shape index (κ1) is 11.7. The van der Waals surface area contributed by atoms with E-state index >= 15 is 0 Å². The number of aliphatic imine (C=N–C) groups is 1. The van der Waals surface area contributed by atoms with E-state index in [-0.39, 0.29) is 5.96 Å². The lowest BCUT2D eigenvalue weighted by atomic mass is 10.2. The van der Waals surface area contributed by atoms with Gasteiger partial charge in [0.05, 0.1) is 11.4 Å². The predicted octanol–water partition coefficient (Wildman–Crippen LogP) is 1.70. The summed E-state index contributed by atoms with van der Waals surface area (Å²) in [6.07, 6.45) is 1.89. The Balaban J connectivity index is 2.02. The Morgan fingerprint density at radius 3 is 2.94 bits per heavy atom. The summed E-state index contributed by atoms with van der Waals surface area (Å²) in [5.41, 5.74) is 12.7. The zero-order chi connectivity index (χ0) is 12.1. The maximum absolute atomic E-state index is 5.25. The molecule has 2 rings (SSSR count). The third-order valence-electron chi connectivity index (χ3n) is 2.25. The maximum atomic E-state index is 5.25. The van der Waals surface area contributed by atoms with Crippen molar-refractivity contribution >= 4 is 28.6 Å². The van der Waals surface area contributed by atoms with Crippen LogP contribution in [0.25, 0.3) is 10.9 Å². The van der Waals surface area contributed by atoms with E-state index in [1.54, 1.807) is 11.8 Å². The van der Waals surface area contributed by atoms with E-state index in [2.05, 4.69) is 22.1 Å². The van der Waals surface area contributed by atoms with Gasteiger partial charge in [-0.05, 0) is 17.7 Å². The van der Waals surface area contributed by atoms with Crippen molar-refractivity contribution in [2.45, 2.75) is 5.75 Å². The molecule has 2 aromatic rings. The van der Waals surface area contributed by atoms with Gasteiger partial charge in [0, 0.05) is 17.3 Å². The van der Waals surface area contributed by atoms with Gasteiger partial charge >= 0.3 is 0 Å². The van der Waals surface area contributed by atoms with Crippen LogP contribution < -0.4 is 11.5 Å². The van der Waals surface area contributed by atoms with Crippen LogP contribution in [0.1, 0.15) is 5.56 Å². The molecule has 5 heteroatoms. The second-order valence-corrected chi connectivity index (χ2v) is 4.55. The number of nitrogens with zero attached hydrogens (tertiary/aromatic N) is 2. The van der Waals surface area contributed by atoms with E-state index in [1.165, 1.54) is 5.56 Å². The Bertz CT molecular complexity index is 535. The Kier molecular flexibility index (Phi) is 3.82. The van der Waals surface area contributed by atoms with Gasteiger partial charge in [0.1, 0.15) is 0 Å². The highest BCUT2D eigenvalue weighted by Crippen LogP contribution is 2.17. The molecule has 0 saturated heterocycles. The van der Waals surface area contributed by atoms with Gasteiger partial charge in [-0.2, -0.15) is 0 Å². The van der Waals surface area contributed by atoms with Crippen molar-refractivity contribution in [1.29, 1.82) is 0 Å². The number of hydrogen-bond donors (Lipinski definition) is 2. The van der Waals surface area contributed by atoms with Crippen molar-refractivity contribution in [2.75, 3.05) is 5.88 Å². The number of benzene rings is 1. The number of aromatic nitrogens is 1. The van der Waals surface area contributed by atoms with Crippen molar-refractivity contribution < 1.29 is 0 Å². The molecule has 0 saturated carbocycles. The first-order chi connectivity index (χ1) is 8.25. The molecule has 88 valence electrons. The SMILES string of the molecule is NC(N)=NCSCc1cnc2ccccc2c1. The number of thioether (sulfide) groups is 1. The van der Waals surface area contributed by atoms with Gasteiger partial charge in [-0.3, -0.25) is 4.98 Å². The fourth-order valence-corrected chi connectivity index (χ4v) is 2.20. The van der Waals surface area contributed by atoms with Crippen LogP contribution in [0.2, 0.25) is 0 Å². The summed E-state index contributed by atoms with van der Waals surface area (Å²) in [4.78, 5) is 8.31. The fraction of sp³-hybridized carbons (Fsp3) is 0.167. The van der Waals surface area contributed by atoms with Gasteiger partial charge < -0.3 is 11.5 Å². The summed E-state index contributed by atoms with van der Waals surface area (Å²) in [5, 5.41) is 1.16. The van der Waals surface area contributed by atoms with Crippen LogP contribution in [0.15, 0.2) is 41.5 Å². The molecule has 1 aromatic heterocycles. The van der Waals surface area contributed by atoms with Gasteiger partial charge in [-0.25, -0.2) is 4.99 Å². The van der Waals surface area contributed by atoms with Crippen molar-refractivity contribution in [3.63, 3.8) is 0 Å². The topological polar surface area (TPSA) is 77.3 Å². The van der Waals surface area contributed by atoms with Gasteiger partial charge in [0.15, 0.2) is 5.96 Å². The fourth-order valence-electron chi connectivity index (χ4n) is 1.48. The molecule has 0 atom stereocenters. The lowest BCUT2D eigenvalue weighted by Crippen LogP contribution is -2.22. The van der Waals surface area contributed by atoms with Crippen molar-refractivity contribution in [1.82, 2.24) is 4.98 Å². The molecule has 4 N–H and O–H groups in total. The summed E-state index contributed by atoms with van der Waals surface area (Å²) in [6, 6.07) is 10.2. The molecule has 0 radical (unpaired) electrons. The standard InChI is InChI=1S/C12H14N4S/c13-12(14)16-8-17-7-9-5-10-3-1-2-4-11(10)15-6-9/h1-6H,7-8H2,(H4,13,14,16). The molecule has 0 unspecified atom stereocenters. The zero-order valence-electron chi connectivity index (χ0n) is 9.34. The van der Waals surface area contributed by atoms with Crippen molar-refractivity contribution in [2.24, 2.45) is 16.5 Å². The van der Waals surface area contributed by atoms with Crippen LogP contribution in [0.4, 0.5) is 0 Å². The normalized spacial score (nSPS) is 10.4. The number of nitrogens with two attached hydrogens (primary N) is 2. The Hall–Kier alpha value is -1.75. The third kappa shape index (κ3) is 3.35. The molecular formula is C12H14N4S. The number of guanidine groups is 1. The molecule has 0 spiro atoms. The molecule has 0 amide bonds. The van der Waals surface area contributed by atoms with Crippen LogP contribution in [-0.4, -0.2) is 16.8 Å². The van der Waals surface area contributed by atoms with Crippen molar-refractivity contribution in [3.8, 4) is 0 Å². The number of pyridine rings is 1. The average Bonchev–Trinajstić information content (AvgIpc) is 2.34. The molecule has 4 nitrogen and oxygen atoms in total.